The molecule has 56 valence electrons. The van der Waals surface area contributed by atoms with Crippen LogP contribution in [-0.2, 0) is 0 Å². The first-order valence-corrected chi connectivity index (χ1v) is 3.58. The van der Waals surface area contributed by atoms with Gasteiger partial charge in [-0.2, -0.15) is 0 Å². The third-order valence-electron chi connectivity index (χ3n) is 1.74. The van der Waals surface area contributed by atoms with Crippen LogP contribution in [0.5, 0.6) is 0 Å². The van der Waals surface area contributed by atoms with E-state index in [1.165, 1.54) is 0 Å². The summed E-state index contributed by atoms with van der Waals surface area (Å²) in [7, 11) is 0. The Morgan fingerprint density at radius 2 is 2.30 bits per heavy atom. The number of hydrogen-bond donors (Lipinski definition) is 2. The number of rotatable bonds is 1. The third kappa shape index (κ3) is 1.69. The van der Waals surface area contributed by atoms with E-state index in [0.717, 1.165) is 12.0 Å². The van der Waals surface area contributed by atoms with Gasteiger partial charge in [0.15, 0.2) is 0 Å². The highest BCUT2D eigenvalue weighted by Gasteiger charge is 2.09. The van der Waals surface area contributed by atoms with E-state index in [1.807, 2.05) is 12.2 Å². The van der Waals surface area contributed by atoms with E-state index in [4.69, 9.17) is 11.5 Å². The topological polar surface area (TPSA) is 52.0 Å². The van der Waals surface area contributed by atoms with Gasteiger partial charge < -0.3 is 11.5 Å². The standard InChI is InChI=1S/C8H14N2/c1-6-3-2-4-7(5-6)8(9)10/h2-4,6,8H,5,9-10H2,1H3. The van der Waals surface area contributed by atoms with Gasteiger partial charge >= 0.3 is 0 Å². The summed E-state index contributed by atoms with van der Waals surface area (Å²) in [4.78, 5) is 0. The van der Waals surface area contributed by atoms with E-state index in [9.17, 15) is 0 Å². The SMILES string of the molecule is CC1C=CC=C(C(N)N)C1. The Labute approximate surface area is 61.6 Å². The predicted octanol–water partition coefficient (Wildman–Crippen LogP) is 0.752. The molecule has 0 aliphatic heterocycles. The molecule has 1 atom stereocenters. The second kappa shape index (κ2) is 2.99. The van der Waals surface area contributed by atoms with Crippen LogP contribution in [0.15, 0.2) is 23.8 Å². The molecular formula is C8H14N2. The minimum atomic E-state index is -0.271. The summed E-state index contributed by atoms with van der Waals surface area (Å²) in [6.07, 6.45) is 6.92. The second-order valence-corrected chi connectivity index (χ2v) is 2.83. The Kier molecular flexibility index (Phi) is 2.25. The van der Waals surface area contributed by atoms with E-state index in [2.05, 4.69) is 13.0 Å². The van der Waals surface area contributed by atoms with Crippen molar-refractivity contribution in [3.8, 4) is 0 Å². The van der Waals surface area contributed by atoms with Gasteiger partial charge in [-0.25, -0.2) is 0 Å². The fourth-order valence-corrected chi connectivity index (χ4v) is 1.12. The van der Waals surface area contributed by atoms with E-state index in [-0.39, 0.29) is 6.17 Å². The fourth-order valence-electron chi connectivity index (χ4n) is 1.12. The molecule has 0 fully saturated rings. The molecule has 0 saturated heterocycles. The summed E-state index contributed by atoms with van der Waals surface area (Å²) in [5.41, 5.74) is 12.2. The molecule has 1 rings (SSSR count). The Balaban J connectivity index is 2.61. The lowest BCUT2D eigenvalue weighted by atomic mass is 9.95. The normalized spacial score (nSPS) is 25.2. The molecule has 0 aromatic heterocycles. The van der Waals surface area contributed by atoms with Crippen molar-refractivity contribution in [2.45, 2.75) is 19.5 Å². The molecule has 2 heteroatoms. The zero-order chi connectivity index (χ0) is 7.56. The zero-order valence-corrected chi connectivity index (χ0v) is 6.25. The molecule has 10 heavy (non-hydrogen) atoms. The van der Waals surface area contributed by atoms with Gasteiger partial charge in [-0.05, 0) is 17.9 Å². The summed E-state index contributed by atoms with van der Waals surface area (Å²) in [5, 5.41) is 0. The quantitative estimate of drug-likeness (QED) is 0.525. The highest BCUT2D eigenvalue weighted by atomic mass is 14.8. The van der Waals surface area contributed by atoms with Crippen LogP contribution >= 0.6 is 0 Å². The Morgan fingerprint density at radius 3 is 2.70 bits per heavy atom. The minimum Gasteiger partial charge on any atom is -0.313 e. The van der Waals surface area contributed by atoms with Crippen molar-refractivity contribution in [3.63, 3.8) is 0 Å². The average molecular weight is 138 g/mol. The van der Waals surface area contributed by atoms with Crippen LogP contribution < -0.4 is 11.5 Å². The lowest BCUT2D eigenvalue weighted by molar-refractivity contribution is 0.647. The maximum atomic E-state index is 5.50. The highest BCUT2D eigenvalue weighted by Crippen LogP contribution is 2.17. The first-order valence-electron chi connectivity index (χ1n) is 3.58. The molecule has 1 aliphatic carbocycles. The van der Waals surface area contributed by atoms with Gasteiger partial charge in [0.1, 0.15) is 0 Å². The maximum Gasteiger partial charge on any atom is 0.0746 e. The zero-order valence-electron chi connectivity index (χ0n) is 6.25. The van der Waals surface area contributed by atoms with Crippen LogP contribution in [0, 0.1) is 5.92 Å². The first-order chi connectivity index (χ1) is 4.70. The van der Waals surface area contributed by atoms with Crippen LogP contribution in [0.3, 0.4) is 0 Å². The van der Waals surface area contributed by atoms with Gasteiger partial charge in [0.2, 0.25) is 0 Å². The highest BCUT2D eigenvalue weighted by molar-refractivity contribution is 5.22. The molecule has 1 unspecified atom stereocenters. The van der Waals surface area contributed by atoms with Crippen LogP contribution in [0.1, 0.15) is 13.3 Å². The largest absolute Gasteiger partial charge is 0.313 e. The monoisotopic (exact) mass is 138 g/mol. The molecule has 4 N–H and O–H groups in total. The van der Waals surface area contributed by atoms with Crippen molar-refractivity contribution in [3.05, 3.63) is 23.8 Å². The first kappa shape index (κ1) is 7.51. The number of nitrogens with two attached hydrogens (primary N) is 2. The van der Waals surface area contributed by atoms with E-state index >= 15 is 0 Å². The van der Waals surface area contributed by atoms with Crippen LogP contribution in [0.4, 0.5) is 0 Å². The third-order valence-corrected chi connectivity index (χ3v) is 1.74. The fraction of sp³-hybridized carbons (Fsp3) is 0.500. The summed E-state index contributed by atoms with van der Waals surface area (Å²) in [6, 6.07) is 0. The van der Waals surface area contributed by atoms with Crippen molar-refractivity contribution in [1.29, 1.82) is 0 Å². The van der Waals surface area contributed by atoms with Crippen molar-refractivity contribution >= 4 is 0 Å². The second-order valence-electron chi connectivity index (χ2n) is 2.83. The van der Waals surface area contributed by atoms with Gasteiger partial charge in [0, 0.05) is 0 Å². The minimum absolute atomic E-state index is 0.271. The van der Waals surface area contributed by atoms with Crippen LogP contribution in [-0.4, -0.2) is 6.17 Å². The molecule has 0 heterocycles. The molecule has 0 amide bonds. The molecule has 0 spiro atoms. The van der Waals surface area contributed by atoms with Crippen LogP contribution in [0.2, 0.25) is 0 Å². The summed E-state index contributed by atoms with van der Waals surface area (Å²) < 4.78 is 0. The lowest BCUT2D eigenvalue weighted by Gasteiger charge is -2.16. The van der Waals surface area contributed by atoms with E-state index < -0.39 is 0 Å². The van der Waals surface area contributed by atoms with Gasteiger partial charge in [-0.3, -0.25) is 0 Å². The van der Waals surface area contributed by atoms with Crippen molar-refractivity contribution in [1.82, 2.24) is 0 Å². The predicted molar refractivity (Wildman–Crippen MR) is 43.2 cm³/mol. The lowest BCUT2D eigenvalue weighted by Crippen LogP contribution is -2.33. The number of allylic oxidation sites excluding steroid dienone is 3. The Hall–Kier alpha value is -0.600. The maximum absolute atomic E-state index is 5.50. The molecule has 0 aromatic rings. The Morgan fingerprint density at radius 1 is 1.60 bits per heavy atom. The molecule has 1 aliphatic rings. The summed E-state index contributed by atoms with van der Waals surface area (Å²) in [5.74, 6) is 0.592. The molecule has 0 bridgehead atoms. The van der Waals surface area contributed by atoms with E-state index in [1.54, 1.807) is 0 Å². The smallest absolute Gasteiger partial charge is 0.0746 e. The van der Waals surface area contributed by atoms with Gasteiger partial charge in [-0.15, -0.1) is 0 Å². The van der Waals surface area contributed by atoms with Crippen molar-refractivity contribution in [2.75, 3.05) is 0 Å². The molecule has 0 saturated carbocycles. The van der Waals surface area contributed by atoms with Gasteiger partial charge in [0.05, 0.1) is 6.17 Å². The van der Waals surface area contributed by atoms with Crippen molar-refractivity contribution in [2.24, 2.45) is 17.4 Å². The summed E-state index contributed by atoms with van der Waals surface area (Å²) >= 11 is 0. The summed E-state index contributed by atoms with van der Waals surface area (Å²) in [6.45, 7) is 2.16. The molecule has 0 aromatic carbocycles. The van der Waals surface area contributed by atoms with Crippen molar-refractivity contribution < 1.29 is 0 Å². The van der Waals surface area contributed by atoms with Crippen LogP contribution in [0.25, 0.3) is 0 Å². The molecule has 0 radical (unpaired) electrons. The average Bonchev–Trinajstić information content (AvgIpc) is 1.88. The molecule has 2 nitrogen and oxygen atoms in total. The van der Waals surface area contributed by atoms with Gasteiger partial charge in [-0.1, -0.05) is 25.2 Å². The number of hydrogen-bond acceptors (Lipinski definition) is 2. The Bertz CT molecular complexity index is 168. The molecular weight excluding hydrogens is 124 g/mol. The van der Waals surface area contributed by atoms with E-state index in [0.29, 0.717) is 5.92 Å². The van der Waals surface area contributed by atoms with Gasteiger partial charge in [0.25, 0.3) is 0 Å².